The Kier molecular flexibility index (Phi) is 4.63. The first-order chi connectivity index (χ1) is 11.5. The summed E-state index contributed by atoms with van der Waals surface area (Å²) in [5.74, 6) is 1.25. The number of amides is 1. The highest BCUT2D eigenvalue weighted by atomic mass is 32.2. The number of hydrogen-bond donors (Lipinski definition) is 1. The van der Waals surface area contributed by atoms with E-state index in [0.717, 1.165) is 29.5 Å². The minimum Gasteiger partial charge on any atom is -0.348 e. The highest BCUT2D eigenvalue weighted by Crippen LogP contribution is 2.14. The van der Waals surface area contributed by atoms with Crippen LogP contribution in [-0.4, -0.2) is 47.0 Å². The number of likely N-dealkylation sites (N-methyl/N-ethyl adjacent to an activating group) is 1. The van der Waals surface area contributed by atoms with Crippen molar-refractivity contribution >= 4 is 15.9 Å². The number of fused-ring (bicyclic) bond motifs is 1. The summed E-state index contributed by atoms with van der Waals surface area (Å²) in [6.07, 6.45) is 1.93. The normalized spacial score (nSPS) is 13.9. The van der Waals surface area contributed by atoms with Gasteiger partial charge in [-0.2, -0.15) is 4.31 Å². The number of carbonyl (C=O) groups is 1. The molecular weight excluding hydrogens is 330 g/mol. The molecule has 0 saturated carbocycles. The average Bonchev–Trinajstić information content (AvgIpc) is 3.17. The van der Waals surface area contributed by atoms with Crippen molar-refractivity contribution in [1.82, 2.24) is 24.4 Å². The first-order valence-corrected chi connectivity index (χ1v) is 9.11. The summed E-state index contributed by atoms with van der Waals surface area (Å²) in [6.45, 7) is 0.846. The maximum Gasteiger partial charge on any atom is 0.243 e. The van der Waals surface area contributed by atoms with Gasteiger partial charge in [0.05, 0.1) is 18.0 Å². The molecule has 8 nitrogen and oxygen atoms in total. The highest BCUT2D eigenvalue weighted by molar-refractivity contribution is 7.89. The number of benzene rings is 1. The van der Waals surface area contributed by atoms with Gasteiger partial charge in [0.15, 0.2) is 5.82 Å². The third-order valence-corrected chi connectivity index (χ3v) is 5.77. The number of aromatic nitrogens is 3. The van der Waals surface area contributed by atoms with Crippen LogP contribution in [0.4, 0.5) is 0 Å². The van der Waals surface area contributed by atoms with Crippen molar-refractivity contribution in [3.05, 3.63) is 42.0 Å². The zero-order valence-electron chi connectivity index (χ0n) is 13.3. The van der Waals surface area contributed by atoms with Crippen molar-refractivity contribution in [2.24, 2.45) is 0 Å². The van der Waals surface area contributed by atoms with E-state index < -0.39 is 10.0 Å². The molecule has 1 aromatic carbocycles. The summed E-state index contributed by atoms with van der Waals surface area (Å²) in [5, 5.41) is 10.8. The molecule has 24 heavy (non-hydrogen) atoms. The predicted octanol–water partition coefficient (Wildman–Crippen LogP) is 0.161. The van der Waals surface area contributed by atoms with Gasteiger partial charge >= 0.3 is 0 Å². The minimum atomic E-state index is -3.68. The molecule has 2 aromatic rings. The number of hydrogen-bond acceptors (Lipinski definition) is 5. The summed E-state index contributed by atoms with van der Waals surface area (Å²) >= 11 is 0. The van der Waals surface area contributed by atoms with Gasteiger partial charge in [-0.25, -0.2) is 8.42 Å². The molecule has 0 spiro atoms. The van der Waals surface area contributed by atoms with Gasteiger partial charge in [-0.3, -0.25) is 4.79 Å². The smallest absolute Gasteiger partial charge is 0.243 e. The lowest BCUT2D eigenvalue weighted by Gasteiger charge is -2.16. The molecule has 0 bridgehead atoms. The Morgan fingerprint density at radius 1 is 1.29 bits per heavy atom. The third-order valence-electron chi connectivity index (χ3n) is 3.95. The number of sulfonamides is 1. The molecule has 1 aromatic heterocycles. The first-order valence-electron chi connectivity index (χ1n) is 7.67. The van der Waals surface area contributed by atoms with Crippen LogP contribution < -0.4 is 5.32 Å². The second-order valence-corrected chi connectivity index (χ2v) is 7.68. The van der Waals surface area contributed by atoms with Crippen LogP contribution in [-0.2, 0) is 34.3 Å². The van der Waals surface area contributed by atoms with Crippen LogP contribution in [0.5, 0.6) is 0 Å². The molecule has 1 N–H and O–H groups in total. The molecule has 0 fully saturated rings. The summed E-state index contributed by atoms with van der Waals surface area (Å²) in [4.78, 5) is 12.2. The Balaban J connectivity index is 1.58. The summed E-state index contributed by atoms with van der Waals surface area (Å²) in [6, 6.07) is 8.04. The largest absolute Gasteiger partial charge is 0.348 e. The minimum absolute atomic E-state index is 0.163. The van der Waals surface area contributed by atoms with E-state index in [1.165, 1.54) is 19.2 Å². The second-order valence-electron chi connectivity index (χ2n) is 5.64. The lowest BCUT2D eigenvalue weighted by molar-refractivity contribution is -0.121. The van der Waals surface area contributed by atoms with E-state index in [1.54, 1.807) is 18.2 Å². The average molecular weight is 349 g/mol. The number of nitrogens with zero attached hydrogens (tertiary/aromatic N) is 4. The predicted molar refractivity (Wildman–Crippen MR) is 86.4 cm³/mol. The molecule has 1 amide bonds. The van der Waals surface area contributed by atoms with E-state index in [-0.39, 0.29) is 23.9 Å². The summed E-state index contributed by atoms with van der Waals surface area (Å²) < 4.78 is 27.8. The fourth-order valence-electron chi connectivity index (χ4n) is 2.63. The van der Waals surface area contributed by atoms with E-state index in [9.17, 15) is 13.2 Å². The van der Waals surface area contributed by atoms with Gasteiger partial charge in [-0.1, -0.05) is 18.2 Å². The van der Waals surface area contributed by atoms with Crippen LogP contribution in [0.3, 0.4) is 0 Å². The standard InChI is InChI=1S/C15H19N5O3S/c1-19(24(22,23)12-6-3-2-4-7-12)11-15(21)16-10-14-18-17-13-8-5-9-20(13)14/h2-4,6-7H,5,8-11H2,1H3,(H,16,21). The van der Waals surface area contributed by atoms with Crippen LogP contribution in [0.25, 0.3) is 0 Å². The molecule has 0 saturated heterocycles. The van der Waals surface area contributed by atoms with Gasteiger partial charge < -0.3 is 9.88 Å². The molecule has 128 valence electrons. The molecular formula is C15H19N5O3S. The zero-order chi connectivity index (χ0) is 17.2. The van der Waals surface area contributed by atoms with Crippen molar-refractivity contribution in [3.8, 4) is 0 Å². The molecule has 0 atom stereocenters. The Labute approximate surface area is 140 Å². The van der Waals surface area contributed by atoms with Crippen LogP contribution in [0, 0.1) is 0 Å². The highest BCUT2D eigenvalue weighted by Gasteiger charge is 2.23. The van der Waals surface area contributed by atoms with E-state index in [2.05, 4.69) is 15.5 Å². The van der Waals surface area contributed by atoms with Crippen molar-refractivity contribution in [2.45, 2.75) is 30.8 Å². The lowest BCUT2D eigenvalue weighted by Crippen LogP contribution is -2.38. The van der Waals surface area contributed by atoms with Crippen molar-refractivity contribution in [2.75, 3.05) is 13.6 Å². The van der Waals surface area contributed by atoms with Crippen molar-refractivity contribution < 1.29 is 13.2 Å². The van der Waals surface area contributed by atoms with Gasteiger partial charge in [0.2, 0.25) is 15.9 Å². The Hall–Kier alpha value is -2.26. The SMILES string of the molecule is CN(CC(=O)NCc1nnc2n1CCC2)S(=O)(=O)c1ccccc1. The molecule has 3 rings (SSSR count). The van der Waals surface area contributed by atoms with Gasteiger partial charge in [0, 0.05) is 20.0 Å². The van der Waals surface area contributed by atoms with Crippen molar-refractivity contribution in [1.29, 1.82) is 0 Å². The van der Waals surface area contributed by atoms with Gasteiger partial charge in [-0.05, 0) is 18.6 Å². The van der Waals surface area contributed by atoms with E-state index in [0.29, 0.717) is 5.82 Å². The van der Waals surface area contributed by atoms with Gasteiger partial charge in [-0.15, -0.1) is 10.2 Å². The maximum atomic E-state index is 12.4. The molecule has 0 unspecified atom stereocenters. The van der Waals surface area contributed by atoms with Crippen LogP contribution in [0.2, 0.25) is 0 Å². The maximum absolute atomic E-state index is 12.4. The zero-order valence-corrected chi connectivity index (χ0v) is 14.2. The van der Waals surface area contributed by atoms with Gasteiger partial charge in [0.1, 0.15) is 5.82 Å². The Morgan fingerprint density at radius 2 is 2.04 bits per heavy atom. The van der Waals surface area contributed by atoms with E-state index >= 15 is 0 Å². The topological polar surface area (TPSA) is 97.2 Å². The molecule has 0 aliphatic carbocycles. The summed E-state index contributed by atoms with van der Waals surface area (Å²) in [7, 11) is -2.29. The molecule has 0 radical (unpaired) electrons. The molecule has 1 aliphatic heterocycles. The molecule has 9 heteroatoms. The number of aryl methyl sites for hydroxylation is 1. The van der Waals surface area contributed by atoms with E-state index in [1.807, 2.05) is 4.57 Å². The third kappa shape index (κ3) is 3.31. The Morgan fingerprint density at radius 3 is 2.79 bits per heavy atom. The lowest BCUT2D eigenvalue weighted by atomic mass is 10.4. The Bertz CT molecular complexity index is 832. The fraction of sp³-hybridized carbons (Fsp3) is 0.400. The van der Waals surface area contributed by atoms with E-state index in [4.69, 9.17) is 0 Å². The van der Waals surface area contributed by atoms with Gasteiger partial charge in [0.25, 0.3) is 0 Å². The summed E-state index contributed by atoms with van der Waals surface area (Å²) in [5.41, 5.74) is 0. The first kappa shape index (κ1) is 16.6. The fourth-order valence-corrected chi connectivity index (χ4v) is 3.78. The number of rotatable bonds is 6. The van der Waals surface area contributed by atoms with Crippen LogP contribution in [0.1, 0.15) is 18.1 Å². The number of carbonyl (C=O) groups excluding carboxylic acids is 1. The monoisotopic (exact) mass is 349 g/mol. The van der Waals surface area contributed by atoms with Crippen molar-refractivity contribution in [3.63, 3.8) is 0 Å². The quantitative estimate of drug-likeness (QED) is 0.801. The molecule has 1 aliphatic rings. The second kappa shape index (κ2) is 6.70. The van der Waals surface area contributed by atoms with Crippen LogP contribution >= 0.6 is 0 Å². The number of nitrogens with one attached hydrogen (secondary N) is 1. The molecule has 2 heterocycles. The van der Waals surface area contributed by atoms with Crippen LogP contribution in [0.15, 0.2) is 35.2 Å².